The summed E-state index contributed by atoms with van der Waals surface area (Å²) in [5, 5.41) is 30.3. The molecule has 3 heterocycles. The minimum Gasteiger partial charge on any atom is -0.497 e. The van der Waals surface area contributed by atoms with E-state index in [-0.39, 0.29) is 6.61 Å². The summed E-state index contributed by atoms with van der Waals surface area (Å²) in [5.41, 5.74) is 2.21. The molecule has 1 unspecified atom stereocenters. The molecule has 3 aromatic rings. The van der Waals surface area contributed by atoms with Gasteiger partial charge in [-0.3, -0.25) is 0 Å². The van der Waals surface area contributed by atoms with E-state index in [2.05, 4.69) is 9.97 Å². The van der Waals surface area contributed by atoms with E-state index in [4.69, 9.17) is 9.47 Å². The van der Waals surface area contributed by atoms with Gasteiger partial charge >= 0.3 is 0 Å². The normalized spacial score (nSPS) is 25.7. The topological polar surface area (TPSA) is 110 Å². The number of aliphatic hydroxyl groups excluding tert-OH is 3. The van der Waals surface area contributed by atoms with Crippen LogP contribution in [0.15, 0.2) is 42.9 Å². The number of rotatable bonds is 4. The number of hydrogen-bond acceptors (Lipinski definition) is 7. The number of ether oxygens (including phenoxy) is 2. The summed E-state index contributed by atoms with van der Waals surface area (Å²) in [6.07, 6.45) is -0.826. The van der Waals surface area contributed by atoms with Crippen LogP contribution in [0.2, 0.25) is 0 Å². The van der Waals surface area contributed by atoms with Gasteiger partial charge in [0, 0.05) is 17.1 Å². The van der Waals surface area contributed by atoms with E-state index in [0.717, 1.165) is 22.4 Å². The lowest BCUT2D eigenvalue weighted by Gasteiger charge is -2.17. The molecule has 4 rings (SSSR count). The van der Waals surface area contributed by atoms with Gasteiger partial charge in [-0.15, -0.1) is 0 Å². The second-order valence-corrected chi connectivity index (χ2v) is 6.14. The number of benzene rings is 1. The summed E-state index contributed by atoms with van der Waals surface area (Å²) in [5.74, 6) is 0.753. The first-order valence-corrected chi connectivity index (χ1v) is 8.22. The molecule has 1 aliphatic heterocycles. The molecule has 0 saturated carbocycles. The predicted octanol–water partition coefficient (Wildman–Crippen LogP) is 0.718. The van der Waals surface area contributed by atoms with Crippen molar-refractivity contribution in [2.24, 2.45) is 0 Å². The summed E-state index contributed by atoms with van der Waals surface area (Å²) in [7, 11) is 1.61. The maximum Gasteiger partial charge on any atom is 0.164 e. The number of hydrogen-bond donors (Lipinski definition) is 3. The maximum absolute atomic E-state index is 10.3. The van der Waals surface area contributed by atoms with Crippen LogP contribution in [0.25, 0.3) is 22.3 Å². The van der Waals surface area contributed by atoms with E-state index in [1.165, 1.54) is 6.33 Å². The molecule has 8 nitrogen and oxygen atoms in total. The smallest absolute Gasteiger partial charge is 0.164 e. The van der Waals surface area contributed by atoms with Crippen LogP contribution in [0.4, 0.5) is 0 Å². The summed E-state index contributed by atoms with van der Waals surface area (Å²) in [4.78, 5) is 8.69. The minimum absolute atomic E-state index is 0.375. The van der Waals surface area contributed by atoms with Crippen LogP contribution in [-0.4, -0.2) is 61.9 Å². The average Bonchev–Trinajstić information content (AvgIpc) is 3.23. The molecule has 2 aromatic heterocycles. The van der Waals surface area contributed by atoms with Crippen molar-refractivity contribution in [1.29, 1.82) is 0 Å². The third-order valence-corrected chi connectivity index (χ3v) is 4.66. The van der Waals surface area contributed by atoms with Gasteiger partial charge in [-0.2, -0.15) is 0 Å². The molecule has 4 atom stereocenters. The monoisotopic (exact) mass is 357 g/mol. The predicted molar refractivity (Wildman–Crippen MR) is 92.5 cm³/mol. The number of aliphatic hydroxyl groups is 3. The Kier molecular flexibility index (Phi) is 4.33. The molecule has 26 heavy (non-hydrogen) atoms. The van der Waals surface area contributed by atoms with E-state index in [9.17, 15) is 15.3 Å². The highest BCUT2D eigenvalue weighted by Gasteiger charge is 2.43. The van der Waals surface area contributed by atoms with Gasteiger partial charge < -0.3 is 29.4 Å². The molecule has 136 valence electrons. The molecule has 0 spiro atoms. The quantitative estimate of drug-likeness (QED) is 0.631. The van der Waals surface area contributed by atoms with Crippen molar-refractivity contribution in [3.63, 3.8) is 0 Å². The molecule has 0 radical (unpaired) electrons. The zero-order valence-electron chi connectivity index (χ0n) is 14.1. The van der Waals surface area contributed by atoms with Gasteiger partial charge in [0.25, 0.3) is 0 Å². The SMILES string of the molecule is COc1ccc(-c2ncnc3c2ccn3[C@@H]2OC(CO)[C@H](O)[C@@H]2O)cc1. The summed E-state index contributed by atoms with van der Waals surface area (Å²) in [6, 6.07) is 9.36. The van der Waals surface area contributed by atoms with E-state index in [0.29, 0.717) is 5.65 Å². The first-order chi connectivity index (χ1) is 12.6. The Hall–Kier alpha value is -2.52. The molecule has 0 aliphatic carbocycles. The Labute approximate surface area is 149 Å². The largest absolute Gasteiger partial charge is 0.497 e. The van der Waals surface area contributed by atoms with Gasteiger partial charge in [-0.05, 0) is 30.3 Å². The summed E-state index contributed by atoms with van der Waals surface area (Å²) >= 11 is 0. The lowest BCUT2D eigenvalue weighted by atomic mass is 10.1. The fourth-order valence-electron chi connectivity index (χ4n) is 3.27. The van der Waals surface area contributed by atoms with Gasteiger partial charge in [-0.25, -0.2) is 9.97 Å². The van der Waals surface area contributed by atoms with Crippen molar-refractivity contribution in [1.82, 2.24) is 14.5 Å². The fraction of sp³-hybridized carbons (Fsp3) is 0.333. The number of methoxy groups -OCH3 is 1. The van der Waals surface area contributed by atoms with Gasteiger partial charge in [0.2, 0.25) is 0 Å². The van der Waals surface area contributed by atoms with Gasteiger partial charge in [0.1, 0.15) is 36.0 Å². The first-order valence-electron chi connectivity index (χ1n) is 8.22. The second-order valence-electron chi connectivity index (χ2n) is 6.14. The highest BCUT2D eigenvalue weighted by atomic mass is 16.6. The number of nitrogens with zero attached hydrogens (tertiary/aromatic N) is 3. The van der Waals surface area contributed by atoms with Crippen LogP contribution < -0.4 is 4.74 Å². The molecule has 1 aliphatic rings. The second kappa shape index (κ2) is 6.65. The van der Waals surface area contributed by atoms with Crippen LogP contribution in [0, 0.1) is 0 Å². The Morgan fingerprint density at radius 2 is 1.88 bits per heavy atom. The third kappa shape index (κ3) is 2.63. The number of fused-ring (bicyclic) bond motifs is 1. The van der Waals surface area contributed by atoms with Crippen molar-refractivity contribution < 1.29 is 24.8 Å². The fourth-order valence-corrected chi connectivity index (χ4v) is 3.27. The first kappa shape index (κ1) is 16.9. The van der Waals surface area contributed by atoms with Crippen molar-refractivity contribution >= 4 is 11.0 Å². The van der Waals surface area contributed by atoms with Gasteiger partial charge in [0.15, 0.2) is 6.23 Å². The van der Waals surface area contributed by atoms with E-state index >= 15 is 0 Å². The molecule has 3 N–H and O–H groups in total. The maximum atomic E-state index is 10.3. The molecule has 8 heteroatoms. The molecule has 1 aromatic carbocycles. The molecule has 0 amide bonds. The highest BCUT2D eigenvalue weighted by molar-refractivity contribution is 5.91. The van der Waals surface area contributed by atoms with Gasteiger partial charge in [0.05, 0.1) is 19.4 Å². The third-order valence-electron chi connectivity index (χ3n) is 4.66. The Morgan fingerprint density at radius 1 is 1.12 bits per heavy atom. The van der Waals surface area contributed by atoms with Crippen LogP contribution in [0.5, 0.6) is 5.75 Å². The highest BCUT2D eigenvalue weighted by Crippen LogP contribution is 2.34. The van der Waals surface area contributed by atoms with Crippen molar-refractivity contribution in [3.8, 4) is 17.0 Å². The molecular weight excluding hydrogens is 338 g/mol. The van der Waals surface area contributed by atoms with Crippen molar-refractivity contribution in [2.45, 2.75) is 24.5 Å². The van der Waals surface area contributed by atoms with Gasteiger partial charge in [-0.1, -0.05) is 0 Å². The van der Waals surface area contributed by atoms with Crippen LogP contribution in [0.3, 0.4) is 0 Å². The lowest BCUT2D eigenvalue weighted by molar-refractivity contribution is -0.0508. The van der Waals surface area contributed by atoms with E-state index < -0.39 is 24.5 Å². The molecule has 1 saturated heterocycles. The standard InChI is InChI=1S/C18H19N3O5/c1-25-11-4-2-10(3-5-11)14-12-6-7-21(17(12)20-9-19-14)18-16(24)15(23)13(8-22)26-18/h2-7,9,13,15-16,18,22-24H,8H2,1H3/t13?,15-,16-,18+/m0/s1. The zero-order valence-corrected chi connectivity index (χ0v) is 14.1. The Morgan fingerprint density at radius 3 is 2.54 bits per heavy atom. The van der Waals surface area contributed by atoms with Crippen LogP contribution >= 0.6 is 0 Å². The number of aromatic nitrogens is 3. The molecular formula is C18H19N3O5. The van der Waals surface area contributed by atoms with E-state index in [1.807, 2.05) is 30.3 Å². The minimum atomic E-state index is -1.16. The van der Waals surface area contributed by atoms with Crippen LogP contribution in [-0.2, 0) is 4.74 Å². The average molecular weight is 357 g/mol. The molecule has 0 bridgehead atoms. The van der Waals surface area contributed by atoms with E-state index in [1.54, 1.807) is 17.9 Å². The van der Waals surface area contributed by atoms with Crippen molar-refractivity contribution in [2.75, 3.05) is 13.7 Å². The lowest BCUT2D eigenvalue weighted by Crippen LogP contribution is -2.33. The Balaban J connectivity index is 1.76. The van der Waals surface area contributed by atoms with Crippen LogP contribution in [0.1, 0.15) is 6.23 Å². The zero-order chi connectivity index (χ0) is 18.3. The van der Waals surface area contributed by atoms with Crippen molar-refractivity contribution in [3.05, 3.63) is 42.9 Å². The molecule has 1 fully saturated rings. The Bertz CT molecular complexity index is 911. The summed E-state index contributed by atoms with van der Waals surface area (Å²) in [6.45, 7) is -0.375. The summed E-state index contributed by atoms with van der Waals surface area (Å²) < 4.78 is 12.4.